The van der Waals surface area contributed by atoms with Crippen LogP contribution in [0.3, 0.4) is 0 Å². The molecule has 3 N–H and O–H groups in total. The van der Waals surface area contributed by atoms with Crippen molar-refractivity contribution in [2.45, 2.75) is 13.0 Å². The van der Waals surface area contributed by atoms with E-state index in [0.717, 1.165) is 16.6 Å². The third-order valence-electron chi connectivity index (χ3n) is 3.41. The number of hydrogen-bond acceptors (Lipinski definition) is 2. The molecule has 0 aliphatic rings. The third kappa shape index (κ3) is 1.91. The molecule has 0 amide bonds. The molecule has 1 heterocycles. The maximum Gasteiger partial charge on any atom is 0.327 e. The maximum absolute atomic E-state index is 12.1. The number of nitrogen functional groups attached to an aromatic ring is 1. The molecule has 4 heteroatoms. The first-order valence-corrected chi connectivity index (χ1v) is 6.21. The number of aromatic nitrogens is 2. The second-order valence-corrected chi connectivity index (χ2v) is 4.66. The van der Waals surface area contributed by atoms with Gasteiger partial charge in [0.2, 0.25) is 0 Å². The van der Waals surface area contributed by atoms with Gasteiger partial charge in [-0.05, 0) is 30.7 Å². The minimum Gasteiger partial charge on any atom is -0.399 e. The van der Waals surface area contributed by atoms with Crippen LogP contribution in [0.1, 0.15) is 18.5 Å². The maximum atomic E-state index is 12.1. The van der Waals surface area contributed by atoms with Crippen LogP contribution in [0.2, 0.25) is 0 Å². The van der Waals surface area contributed by atoms with Gasteiger partial charge in [-0.2, -0.15) is 0 Å². The van der Waals surface area contributed by atoms with E-state index in [-0.39, 0.29) is 11.7 Å². The lowest BCUT2D eigenvalue weighted by Gasteiger charge is -2.13. The van der Waals surface area contributed by atoms with Crippen molar-refractivity contribution < 1.29 is 0 Å². The fourth-order valence-electron chi connectivity index (χ4n) is 2.41. The van der Waals surface area contributed by atoms with E-state index < -0.39 is 0 Å². The SMILES string of the molecule is CC(c1ccccc1)n1c(=O)[nH]c2cc(N)ccc21. The molecule has 0 aliphatic heterocycles. The molecule has 2 aromatic carbocycles. The van der Waals surface area contributed by atoms with Crippen LogP contribution in [0.25, 0.3) is 11.0 Å². The smallest absolute Gasteiger partial charge is 0.327 e. The van der Waals surface area contributed by atoms with Gasteiger partial charge in [0.05, 0.1) is 17.1 Å². The molecule has 4 nitrogen and oxygen atoms in total. The first-order chi connectivity index (χ1) is 9.16. The van der Waals surface area contributed by atoms with Crippen molar-refractivity contribution in [3.8, 4) is 0 Å². The molecule has 0 saturated heterocycles. The predicted octanol–water partition coefficient (Wildman–Crippen LogP) is 2.52. The molecular weight excluding hydrogens is 238 g/mol. The van der Waals surface area contributed by atoms with Gasteiger partial charge in [-0.1, -0.05) is 30.3 Å². The minimum atomic E-state index is -0.114. The molecule has 1 aromatic heterocycles. The molecule has 0 radical (unpaired) electrons. The first-order valence-electron chi connectivity index (χ1n) is 6.21. The molecule has 0 fully saturated rings. The van der Waals surface area contributed by atoms with Gasteiger partial charge in [0, 0.05) is 5.69 Å². The van der Waals surface area contributed by atoms with E-state index in [9.17, 15) is 4.79 Å². The summed E-state index contributed by atoms with van der Waals surface area (Å²) >= 11 is 0. The van der Waals surface area contributed by atoms with Crippen molar-refractivity contribution in [3.63, 3.8) is 0 Å². The summed E-state index contributed by atoms with van der Waals surface area (Å²) in [4.78, 5) is 15.0. The molecular formula is C15H15N3O. The van der Waals surface area contributed by atoms with E-state index in [0.29, 0.717) is 5.69 Å². The van der Waals surface area contributed by atoms with E-state index in [1.165, 1.54) is 0 Å². The standard InChI is InChI=1S/C15H15N3O/c1-10(11-5-3-2-4-6-11)18-14-8-7-12(16)9-13(14)17-15(18)19/h2-10H,16H2,1H3,(H,17,19). The quantitative estimate of drug-likeness (QED) is 0.689. The van der Waals surface area contributed by atoms with Crippen LogP contribution < -0.4 is 11.4 Å². The van der Waals surface area contributed by atoms with Crippen LogP contribution >= 0.6 is 0 Å². The van der Waals surface area contributed by atoms with Gasteiger partial charge in [0.25, 0.3) is 0 Å². The van der Waals surface area contributed by atoms with Crippen LogP contribution in [-0.4, -0.2) is 9.55 Å². The zero-order valence-electron chi connectivity index (χ0n) is 10.6. The summed E-state index contributed by atoms with van der Waals surface area (Å²) in [5, 5.41) is 0. The molecule has 0 aliphatic carbocycles. The normalized spacial score (nSPS) is 12.7. The topological polar surface area (TPSA) is 63.8 Å². The average Bonchev–Trinajstić information content (AvgIpc) is 2.74. The largest absolute Gasteiger partial charge is 0.399 e. The predicted molar refractivity (Wildman–Crippen MR) is 77.2 cm³/mol. The lowest BCUT2D eigenvalue weighted by molar-refractivity contribution is 0.635. The molecule has 0 bridgehead atoms. The van der Waals surface area contributed by atoms with Crippen molar-refractivity contribution in [3.05, 3.63) is 64.6 Å². The van der Waals surface area contributed by atoms with Gasteiger partial charge in [-0.15, -0.1) is 0 Å². The van der Waals surface area contributed by atoms with Gasteiger partial charge < -0.3 is 10.7 Å². The highest BCUT2D eigenvalue weighted by atomic mass is 16.1. The number of nitrogens with zero attached hydrogens (tertiary/aromatic N) is 1. The molecule has 0 spiro atoms. The first kappa shape index (κ1) is 11.6. The molecule has 1 unspecified atom stereocenters. The number of nitrogens with one attached hydrogen (secondary N) is 1. The molecule has 3 rings (SSSR count). The molecule has 96 valence electrons. The summed E-state index contributed by atoms with van der Waals surface area (Å²) in [5.74, 6) is 0. The summed E-state index contributed by atoms with van der Waals surface area (Å²) in [5.41, 5.74) is 9.01. The van der Waals surface area contributed by atoms with Crippen LogP contribution in [0, 0.1) is 0 Å². The third-order valence-corrected chi connectivity index (χ3v) is 3.41. The monoisotopic (exact) mass is 253 g/mol. The Morgan fingerprint density at radius 2 is 1.89 bits per heavy atom. The number of H-pyrrole nitrogens is 1. The summed E-state index contributed by atoms with van der Waals surface area (Å²) < 4.78 is 1.75. The Morgan fingerprint density at radius 1 is 1.16 bits per heavy atom. The van der Waals surface area contributed by atoms with Crippen LogP contribution in [0.5, 0.6) is 0 Å². The van der Waals surface area contributed by atoms with Gasteiger partial charge in [0.1, 0.15) is 0 Å². The molecule has 3 aromatic rings. The van der Waals surface area contributed by atoms with Crippen molar-refractivity contribution in [2.24, 2.45) is 0 Å². The fraction of sp³-hybridized carbons (Fsp3) is 0.133. The van der Waals surface area contributed by atoms with Crippen LogP contribution in [0.15, 0.2) is 53.3 Å². The number of nitrogens with two attached hydrogens (primary N) is 1. The highest BCUT2D eigenvalue weighted by molar-refractivity contribution is 5.79. The molecule has 0 saturated carbocycles. The zero-order valence-corrected chi connectivity index (χ0v) is 10.6. The van der Waals surface area contributed by atoms with Gasteiger partial charge in [0.15, 0.2) is 0 Å². The molecule has 1 atom stereocenters. The van der Waals surface area contributed by atoms with Gasteiger partial charge >= 0.3 is 5.69 Å². The summed E-state index contributed by atoms with van der Waals surface area (Å²) in [6.07, 6.45) is 0. The number of hydrogen-bond donors (Lipinski definition) is 2. The van der Waals surface area contributed by atoms with Gasteiger partial charge in [-0.3, -0.25) is 4.57 Å². The Hall–Kier alpha value is -2.49. The molecule has 19 heavy (non-hydrogen) atoms. The summed E-state index contributed by atoms with van der Waals surface area (Å²) in [6.45, 7) is 2.01. The second kappa shape index (κ2) is 4.31. The lowest BCUT2D eigenvalue weighted by Crippen LogP contribution is -2.21. The van der Waals surface area contributed by atoms with E-state index in [2.05, 4.69) is 4.98 Å². The number of imidazole rings is 1. The highest BCUT2D eigenvalue weighted by Gasteiger charge is 2.14. The van der Waals surface area contributed by atoms with Gasteiger partial charge in [-0.25, -0.2) is 4.79 Å². The van der Waals surface area contributed by atoms with Crippen molar-refractivity contribution in [1.29, 1.82) is 0 Å². The number of rotatable bonds is 2. The number of aromatic amines is 1. The summed E-state index contributed by atoms with van der Waals surface area (Å²) in [7, 11) is 0. The van der Waals surface area contributed by atoms with E-state index in [4.69, 9.17) is 5.73 Å². The Kier molecular flexibility index (Phi) is 2.63. The van der Waals surface area contributed by atoms with Crippen LogP contribution in [0.4, 0.5) is 5.69 Å². The number of benzene rings is 2. The van der Waals surface area contributed by atoms with Crippen LogP contribution in [-0.2, 0) is 0 Å². The minimum absolute atomic E-state index is 0.0222. The lowest BCUT2D eigenvalue weighted by atomic mass is 10.1. The van der Waals surface area contributed by atoms with Crippen molar-refractivity contribution >= 4 is 16.7 Å². The fourth-order valence-corrected chi connectivity index (χ4v) is 2.41. The highest BCUT2D eigenvalue weighted by Crippen LogP contribution is 2.22. The summed E-state index contributed by atoms with van der Waals surface area (Å²) in [6, 6.07) is 15.4. The van der Waals surface area contributed by atoms with E-state index in [1.807, 2.05) is 49.4 Å². The average molecular weight is 253 g/mol. The number of fused-ring (bicyclic) bond motifs is 1. The zero-order chi connectivity index (χ0) is 13.4. The van der Waals surface area contributed by atoms with E-state index >= 15 is 0 Å². The number of anilines is 1. The van der Waals surface area contributed by atoms with E-state index in [1.54, 1.807) is 10.6 Å². The Bertz CT molecular complexity index is 771. The van der Waals surface area contributed by atoms with Crippen molar-refractivity contribution in [1.82, 2.24) is 9.55 Å². The Morgan fingerprint density at radius 3 is 2.63 bits per heavy atom. The Labute approximate surface area is 110 Å². The van der Waals surface area contributed by atoms with Crippen molar-refractivity contribution in [2.75, 3.05) is 5.73 Å². The second-order valence-electron chi connectivity index (χ2n) is 4.66. The Balaban J connectivity index is 2.20.